The first kappa shape index (κ1) is 42.0. The Balaban J connectivity index is 3.40. The summed E-state index contributed by atoms with van der Waals surface area (Å²) in [6.07, 6.45) is 29.5. The van der Waals surface area contributed by atoms with Crippen LogP contribution < -0.4 is 0 Å². The van der Waals surface area contributed by atoms with Crippen molar-refractivity contribution in [3.05, 3.63) is 0 Å². The summed E-state index contributed by atoms with van der Waals surface area (Å²) in [6, 6.07) is 0. The fraction of sp³-hybridized carbons (Fsp3) is 1.00. The third kappa shape index (κ3) is 34.5. The number of phosphoric ester groups is 1. The van der Waals surface area contributed by atoms with Gasteiger partial charge < -0.3 is 19.2 Å². The second kappa shape index (κ2) is 29.7. The molecule has 0 aliphatic carbocycles. The monoisotopic (exact) mass is 623 g/mol. The average molecular weight is 623 g/mol. The Labute approximate surface area is 261 Å². The molecule has 0 aromatic heterocycles. The summed E-state index contributed by atoms with van der Waals surface area (Å²) < 4.78 is 28.6. The standard InChI is InChI=1S/C34H72NO6P/c1-5-6-7-8-9-10-11-12-13-14-15-16-18-21-24-27-30-39-32-34(36)33-41-42(37,38)40-31-28-25-22-19-17-20-23-26-29-35(2,3)4/h34,36H,5-33H2,1-4H3/p+1. The molecule has 8 heteroatoms. The van der Waals surface area contributed by atoms with E-state index in [1.165, 1.54) is 129 Å². The van der Waals surface area contributed by atoms with E-state index in [0.717, 1.165) is 36.6 Å². The predicted molar refractivity (Wildman–Crippen MR) is 178 cm³/mol. The van der Waals surface area contributed by atoms with Crippen molar-refractivity contribution in [1.29, 1.82) is 0 Å². The molecule has 0 fully saturated rings. The fourth-order valence-corrected chi connectivity index (χ4v) is 5.96. The maximum Gasteiger partial charge on any atom is 0.472 e. The number of nitrogens with zero attached hydrogens (tertiary/aromatic N) is 1. The molecule has 0 radical (unpaired) electrons. The van der Waals surface area contributed by atoms with Crippen LogP contribution in [0.5, 0.6) is 0 Å². The van der Waals surface area contributed by atoms with E-state index in [-0.39, 0.29) is 19.8 Å². The molecule has 0 amide bonds. The third-order valence-corrected chi connectivity index (χ3v) is 8.84. The van der Waals surface area contributed by atoms with Gasteiger partial charge in [-0.05, 0) is 25.7 Å². The van der Waals surface area contributed by atoms with Crippen LogP contribution in [0.4, 0.5) is 0 Å². The molecule has 2 N–H and O–H groups in total. The summed E-state index contributed by atoms with van der Waals surface area (Å²) in [4.78, 5) is 9.83. The van der Waals surface area contributed by atoms with Gasteiger partial charge in [0.05, 0.1) is 47.5 Å². The highest BCUT2D eigenvalue weighted by atomic mass is 31.2. The highest BCUT2D eigenvalue weighted by molar-refractivity contribution is 7.47. The summed E-state index contributed by atoms with van der Waals surface area (Å²) in [6.45, 7) is 4.14. The Morgan fingerprint density at radius 3 is 1.36 bits per heavy atom. The summed E-state index contributed by atoms with van der Waals surface area (Å²) in [7, 11) is 2.57. The number of quaternary nitrogens is 1. The molecule has 0 aromatic carbocycles. The molecule has 0 saturated carbocycles. The lowest BCUT2D eigenvalue weighted by Crippen LogP contribution is -2.35. The van der Waals surface area contributed by atoms with Gasteiger partial charge in [-0.1, -0.05) is 135 Å². The summed E-state index contributed by atoms with van der Waals surface area (Å²) in [5.74, 6) is 0. The first-order valence-corrected chi connectivity index (χ1v) is 19.3. The van der Waals surface area contributed by atoms with E-state index < -0.39 is 13.9 Å². The Morgan fingerprint density at radius 2 is 0.929 bits per heavy atom. The van der Waals surface area contributed by atoms with E-state index in [0.29, 0.717) is 6.61 Å². The van der Waals surface area contributed by atoms with Gasteiger partial charge >= 0.3 is 7.82 Å². The molecule has 0 rings (SSSR count). The van der Waals surface area contributed by atoms with Crippen molar-refractivity contribution in [2.75, 3.05) is 54.1 Å². The van der Waals surface area contributed by atoms with Crippen LogP contribution >= 0.6 is 7.82 Å². The average Bonchev–Trinajstić information content (AvgIpc) is 2.93. The molecule has 2 unspecified atom stereocenters. The lowest BCUT2D eigenvalue weighted by atomic mass is 10.0. The first-order chi connectivity index (χ1) is 20.2. The van der Waals surface area contributed by atoms with Gasteiger partial charge in [0, 0.05) is 6.61 Å². The molecule has 0 spiro atoms. The molecule has 0 heterocycles. The lowest BCUT2D eigenvalue weighted by Gasteiger charge is -2.23. The molecule has 0 saturated heterocycles. The Hall–Kier alpha value is -0.0100. The first-order valence-electron chi connectivity index (χ1n) is 17.8. The van der Waals surface area contributed by atoms with Gasteiger partial charge in [-0.2, -0.15) is 0 Å². The Bertz CT molecular complexity index is 601. The summed E-state index contributed by atoms with van der Waals surface area (Å²) in [5, 5.41) is 9.99. The van der Waals surface area contributed by atoms with Gasteiger partial charge in [0.25, 0.3) is 0 Å². The largest absolute Gasteiger partial charge is 0.472 e. The molecule has 42 heavy (non-hydrogen) atoms. The van der Waals surface area contributed by atoms with Gasteiger partial charge in [0.2, 0.25) is 0 Å². The highest BCUT2D eigenvalue weighted by Crippen LogP contribution is 2.43. The van der Waals surface area contributed by atoms with Gasteiger partial charge in [0.1, 0.15) is 6.10 Å². The number of rotatable bonds is 34. The maximum atomic E-state index is 12.0. The lowest BCUT2D eigenvalue weighted by molar-refractivity contribution is -0.870. The zero-order valence-electron chi connectivity index (χ0n) is 28.5. The fourth-order valence-electron chi connectivity index (χ4n) is 5.17. The number of hydrogen-bond acceptors (Lipinski definition) is 5. The van der Waals surface area contributed by atoms with Crippen LogP contribution in [0.15, 0.2) is 0 Å². The number of unbranched alkanes of at least 4 members (excludes halogenated alkanes) is 22. The van der Waals surface area contributed by atoms with E-state index in [9.17, 15) is 14.6 Å². The van der Waals surface area contributed by atoms with E-state index in [1.54, 1.807) is 0 Å². The Kier molecular flexibility index (Phi) is 29.7. The number of ether oxygens (including phenoxy) is 1. The molecule has 0 aromatic rings. The predicted octanol–water partition coefficient (Wildman–Crippen LogP) is 9.59. The second-order valence-corrected chi connectivity index (χ2v) is 14.9. The maximum absolute atomic E-state index is 12.0. The van der Waals surface area contributed by atoms with Gasteiger partial charge in [-0.15, -0.1) is 0 Å². The van der Waals surface area contributed by atoms with E-state index in [2.05, 4.69) is 28.1 Å². The van der Waals surface area contributed by atoms with Crippen molar-refractivity contribution in [2.45, 2.75) is 167 Å². The molecule has 254 valence electrons. The second-order valence-electron chi connectivity index (χ2n) is 13.5. The van der Waals surface area contributed by atoms with Crippen LogP contribution in [0.1, 0.15) is 161 Å². The molecule has 0 aliphatic rings. The third-order valence-electron chi connectivity index (χ3n) is 7.86. The van der Waals surface area contributed by atoms with Gasteiger partial charge in [-0.3, -0.25) is 9.05 Å². The minimum Gasteiger partial charge on any atom is -0.388 e. The van der Waals surface area contributed by atoms with Crippen molar-refractivity contribution >= 4 is 7.82 Å². The van der Waals surface area contributed by atoms with Crippen LogP contribution in [0.25, 0.3) is 0 Å². The summed E-state index contributed by atoms with van der Waals surface area (Å²) in [5.41, 5.74) is 0. The minimum absolute atomic E-state index is 0.105. The molecule has 0 bridgehead atoms. The van der Waals surface area contributed by atoms with Crippen molar-refractivity contribution in [1.82, 2.24) is 0 Å². The van der Waals surface area contributed by atoms with Crippen molar-refractivity contribution in [3.8, 4) is 0 Å². The molecule has 7 nitrogen and oxygen atoms in total. The smallest absolute Gasteiger partial charge is 0.388 e. The molecule has 2 atom stereocenters. The molecular weight excluding hydrogens is 549 g/mol. The summed E-state index contributed by atoms with van der Waals surface area (Å²) >= 11 is 0. The quantitative estimate of drug-likeness (QED) is 0.0422. The molecule has 0 aliphatic heterocycles. The van der Waals surface area contributed by atoms with Crippen molar-refractivity contribution < 1.29 is 32.8 Å². The van der Waals surface area contributed by atoms with Gasteiger partial charge in [-0.25, -0.2) is 4.57 Å². The van der Waals surface area contributed by atoms with E-state index in [4.69, 9.17) is 13.8 Å². The topological polar surface area (TPSA) is 85.2 Å². The number of aliphatic hydroxyl groups excluding tert-OH is 1. The normalized spacial score (nSPS) is 14.3. The van der Waals surface area contributed by atoms with Crippen LogP contribution in [0.2, 0.25) is 0 Å². The van der Waals surface area contributed by atoms with E-state index >= 15 is 0 Å². The number of phosphoric acid groups is 1. The van der Waals surface area contributed by atoms with Gasteiger partial charge in [0.15, 0.2) is 0 Å². The molecular formula is C34H73NO6P+. The minimum atomic E-state index is -4.13. The number of hydrogen-bond donors (Lipinski definition) is 2. The Morgan fingerprint density at radius 1 is 0.548 bits per heavy atom. The van der Waals surface area contributed by atoms with Crippen LogP contribution in [0.3, 0.4) is 0 Å². The van der Waals surface area contributed by atoms with Crippen LogP contribution in [-0.2, 0) is 18.3 Å². The van der Waals surface area contributed by atoms with Crippen molar-refractivity contribution in [2.24, 2.45) is 0 Å². The number of aliphatic hydroxyl groups is 1. The van der Waals surface area contributed by atoms with Crippen LogP contribution in [0, 0.1) is 0 Å². The van der Waals surface area contributed by atoms with Crippen molar-refractivity contribution in [3.63, 3.8) is 0 Å². The van der Waals surface area contributed by atoms with E-state index in [1.807, 2.05) is 0 Å². The zero-order valence-corrected chi connectivity index (χ0v) is 29.4. The zero-order chi connectivity index (χ0) is 31.2. The highest BCUT2D eigenvalue weighted by Gasteiger charge is 2.22. The van der Waals surface area contributed by atoms with Crippen LogP contribution in [-0.4, -0.2) is 74.7 Å². The SMILES string of the molecule is CCCCCCCCCCCCCCCCCCOCC(O)COP(=O)(O)OCCCCCCCCCC[N+](C)(C)C.